The Morgan fingerprint density at radius 2 is 1.78 bits per heavy atom. The average molecular weight is 414 g/mol. The summed E-state index contributed by atoms with van der Waals surface area (Å²) < 4.78 is 10.9. The molecule has 0 radical (unpaired) electrons. The second-order valence-corrected chi connectivity index (χ2v) is 6.33. The lowest BCUT2D eigenvalue weighted by molar-refractivity contribution is -0.126. The van der Waals surface area contributed by atoms with E-state index in [0.717, 1.165) is 37.0 Å². The van der Waals surface area contributed by atoms with Gasteiger partial charge in [0, 0.05) is 18.8 Å². The first-order chi connectivity index (χ1) is 12.1. The van der Waals surface area contributed by atoms with Crippen LogP contribution in [0, 0.1) is 0 Å². The van der Waals surface area contributed by atoms with E-state index in [4.69, 9.17) is 15.2 Å². The average Bonchev–Trinajstić information content (AvgIpc) is 3.09. The molecule has 148 valence electrons. The number of rotatable bonds is 6. The van der Waals surface area contributed by atoms with Crippen molar-refractivity contribution in [3.8, 4) is 17.4 Å². The molecule has 1 amide bonds. The first-order valence-electron chi connectivity index (χ1n) is 8.43. The number of nitrogens with two attached hydrogens (primary N) is 1. The Labute approximate surface area is 171 Å². The van der Waals surface area contributed by atoms with E-state index in [2.05, 4.69) is 10.3 Å². The fraction of sp³-hybridized carbons (Fsp3) is 0.368. The lowest BCUT2D eigenvalue weighted by Crippen LogP contribution is -2.51. The van der Waals surface area contributed by atoms with Gasteiger partial charge in [0.15, 0.2) is 0 Å². The molecule has 1 heterocycles. The maximum Gasteiger partial charge on any atom is 0.240 e. The van der Waals surface area contributed by atoms with Crippen LogP contribution in [0.3, 0.4) is 0 Å². The second kappa shape index (κ2) is 10.3. The molecule has 1 aliphatic carbocycles. The van der Waals surface area contributed by atoms with Gasteiger partial charge in [0.25, 0.3) is 0 Å². The number of amides is 1. The van der Waals surface area contributed by atoms with E-state index in [1.165, 1.54) is 0 Å². The molecule has 0 unspecified atom stereocenters. The molecule has 27 heavy (non-hydrogen) atoms. The van der Waals surface area contributed by atoms with Gasteiger partial charge in [-0.05, 0) is 48.7 Å². The minimum atomic E-state index is -0.713. The Hall–Kier alpha value is -2.02. The minimum absolute atomic E-state index is 0. The summed E-state index contributed by atoms with van der Waals surface area (Å²) in [5.41, 5.74) is 6.36. The van der Waals surface area contributed by atoms with Gasteiger partial charge < -0.3 is 20.5 Å². The maximum absolute atomic E-state index is 12.3. The molecule has 2 aromatic rings. The monoisotopic (exact) mass is 413 g/mol. The molecule has 8 heteroatoms. The van der Waals surface area contributed by atoms with Crippen LogP contribution in [-0.4, -0.2) is 23.5 Å². The number of ether oxygens (including phenoxy) is 2. The summed E-state index contributed by atoms with van der Waals surface area (Å²) >= 11 is 0. The Morgan fingerprint density at radius 1 is 1.15 bits per heavy atom. The van der Waals surface area contributed by atoms with E-state index >= 15 is 0 Å². The van der Waals surface area contributed by atoms with Gasteiger partial charge in [0.05, 0.1) is 12.6 Å². The van der Waals surface area contributed by atoms with E-state index in [9.17, 15) is 4.79 Å². The van der Waals surface area contributed by atoms with Crippen molar-refractivity contribution in [3.63, 3.8) is 0 Å². The van der Waals surface area contributed by atoms with Crippen molar-refractivity contribution in [3.05, 3.63) is 48.2 Å². The highest BCUT2D eigenvalue weighted by atomic mass is 35.5. The second-order valence-electron chi connectivity index (χ2n) is 6.33. The van der Waals surface area contributed by atoms with Crippen LogP contribution in [-0.2, 0) is 11.3 Å². The third-order valence-corrected chi connectivity index (χ3v) is 4.48. The fourth-order valence-electron chi connectivity index (χ4n) is 2.97. The highest BCUT2D eigenvalue weighted by Crippen LogP contribution is 2.27. The molecule has 3 rings (SSSR count). The van der Waals surface area contributed by atoms with Gasteiger partial charge in [-0.3, -0.25) is 4.79 Å². The van der Waals surface area contributed by atoms with E-state index in [-0.39, 0.29) is 30.7 Å². The summed E-state index contributed by atoms with van der Waals surface area (Å²) in [6, 6.07) is 10.9. The molecule has 1 aromatic carbocycles. The van der Waals surface area contributed by atoms with Crippen LogP contribution in [0.2, 0.25) is 0 Å². The summed E-state index contributed by atoms with van der Waals surface area (Å²) in [6.45, 7) is 0.402. The lowest BCUT2D eigenvalue weighted by atomic mass is 9.98. The maximum atomic E-state index is 12.3. The Morgan fingerprint density at radius 3 is 2.41 bits per heavy atom. The largest absolute Gasteiger partial charge is 0.497 e. The van der Waals surface area contributed by atoms with Crippen molar-refractivity contribution in [1.82, 2.24) is 10.3 Å². The molecule has 0 spiro atoms. The molecular formula is C19H25Cl2N3O3. The number of benzene rings is 1. The molecule has 0 aliphatic heterocycles. The third-order valence-electron chi connectivity index (χ3n) is 4.48. The van der Waals surface area contributed by atoms with Gasteiger partial charge in [-0.25, -0.2) is 4.98 Å². The summed E-state index contributed by atoms with van der Waals surface area (Å²) in [4.78, 5) is 16.5. The molecular weight excluding hydrogens is 389 g/mol. The Bertz CT molecular complexity index is 735. The minimum Gasteiger partial charge on any atom is -0.497 e. The lowest BCUT2D eigenvalue weighted by Gasteiger charge is -2.22. The van der Waals surface area contributed by atoms with Crippen molar-refractivity contribution in [1.29, 1.82) is 0 Å². The third kappa shape index (κ3) is 5.99. The van der Waals surface area contributed by atoms with Crippen LogP contribution >= 0.6 is 24.8 Å². The predicted molar refractivity (Wildman–Crippen MR) is 109 cm³/mol. The molecule has 0 bridgehead atoms. The zero-order chi connectivity index (χ0) is 17.7. The summed E-state index contributed by atoms with van der Waals surface area (Å²) in [5.74, 6) is 1.82. The molecule has 3 N–H and O–H groups in total. The van der Waals surface area contributed by atoms with Crippen LogP contribution in [0.15, 0.2) is 42.6 Å². The Kier molecular flexibility index (Phi) is 8.82. The first-order valence-corrected chi connectivity index (χ1v) is 8.43. The van der Waals surface area contributed by atoms with Crippen LogP contribution in [0.1, 0.15) is 31.2 Å². The predicted octanol–water partition coefficient (Wildman–Crippen LogP) is 3.61. The van der Waals surface area contributed by atoms with Crippen LogP contribution in [0.25, 0.3) is 0 Å². The van der Waals surface area contributed by atoms with Crippen LogP contribution in [0.5, 0.6) is 17.4 Å². The van der Waals surface area contributed by atoms with Gasteiger partial charge in [0.1, 0.15) is 11.5 Å². The number of carbonyl (C=O) groups is 1. The van der Waals surface area contributed by atoms with Gasteiger partial charge in [-0.2, -0.15) is 0 Å². The summed E-state index contributed by atoms with van der Waals surface area (Å²) in [5, 5.41) is 2.92. The number of halogens is 2. The van der Waals surface area contributed by atoms with Crippen LogP contribution < -0.4 is 20.5 Å². The molecule has 0 saturated heterocycles. The number of aromatic nitrogens is 1. The normalized spacial score (nSPS) is 14.4. The SMILES string of the molecule is COc1ccc(Oc2cc(CNC(=O)C3(N)CCCC3)ccn2)cc1.Cl.Cl. The van der Waals surface area contributed by atoms with Crippen molar-refractivity contribution < 1.29 is 14.3 Å². The van der Waals surface area contributed by atoms with Crippen molar-refractivity contribution in [2.45, 2.75) is 37.8 Å². The molecule has 0 atom stereocenters. The van der Waals surface area contributed by atoms with Crippen molar-refractivity contribution >= 4 is 30.7 Å². The highest BCUT2D eigenvalue weighted by Gasteiger charge is 2.36. The highest BCUT2D eigenvalue weighted by molar-refractivity contribution is 5.86. The zero-order valence-electron chi connectivity index (χ0n) is 15.1. The van der Waals surface area contributed by atoms with Gasteiger partial charge in [0.2, 0.25) is 11.8 Å². The Balaban J connectivity index is 0.00000182. The molecule has 1 aromatic heterocycles. The molecule has 1 fully saturated rings. The summed E-state index contributed by atoms with van der Waals surface area (Å²) in [7, 11) is 1.62. The number of nitrogens with zero attached hydrogens (tertiary/aromatic N) is 1. The van der Waals surface area contributed by atoms with Crippen molar-refractivity contribution in [2.24, 2.45) is 5.73 Å². The van der Waals surface area contributed by atoms with E-state index < -0.39 is 5.54 Å². The molecule has 1 aliphatic rings. The van der Waals surface area contributed by atoms with Crippen LogP contribution in [0.4, 0.5) is 0 Å². The van der Waals surface area contributed by atoms with Gasteiger partial charge in [-0.15, -0.1) is 24.8 Å². The number of methoxy groups -OCH3 is 1. The van der Waals surface area contributed by atoms with E-state index in [0.29, 0.717) is 18.2 Å². The smallest absolute Gasteiger partial charge is 0.240 e. The fourth-order valence-corrected chi connectivity index (χ4v) is 2.97. The van der Waals surface area contributed by atoms with Gasteiger partial charge >= 0.3 is 0 Å². The molecule has 6 nitrogen and oxygen atoms in total. The quantitative estimate of drug-likeness (QED) is 0.754. The number of carbonyl (C=O) groups excluding carboxylic acids is 1. The zero-order valence-corrected chi connectivity index (χ0v) is 16.8. The summed E-state index contributed by atoms with van der Waals surface area (Å²) in [6.07, 6.45) is 5.19. The first kappa shape index (κ1) is 23.0. The molecule has 1 saturated carbocycles. The van der Waals surface area contributed by atoms with Crippen molar-refractivity contribution in [2.75, 3.05) is 7.11 Å². The number of nitrogens with one attached hydrogen (secondary N) is 1. The van der Waals surface area contributed by atoms with E-state index in [1.54, 1.807) is 13.3 Å². The number of pyridine rings is 1. The van der Waals surface area contributed by atoms with E-state index in [1.807, 2.05) is 36.4 Å². The topological polar surface area (TPSA) is 86.5 Å². The van der Waals surface area contributed by atoms with Gasteiger partial charge in [-0.1, -0.05) is 12.8 Å². The number of hydrogen-bond acceptors (Lipinski definition) is 5. The standard InChI is InChI=1S/C19H23N3O3.2ClH/c1-24-15-4-6-16(7-5-15)25-17-12-14(8-11-21-17)13-22-18(23)19(20)9-2-3-10-19;;/h4-8,11-12H,2-3,9-10,13,20H2,1H3,(H,22,23);2*1H. The number of hydrogen-bond donors (Lipinski definition) is 2.